The van der Waals surface area contributed by atoms with Gasteiger partial charge in [0, 0.05) is 24.1 Å². The highest BCUT2D eigenvalue weighted by molar-refractivity contribution is 8.01. The molecule has 0 bridgehead atoms. The molecule has 0 saturated carbocycles. The van der Waals surface area contributed by atoms with Crippen LogP contribution in [-0.4, -0.2) is 51.8 Å². The zero-order valence-electron chi connectivity index (χ0n) is 16.9. The van der Waals surface area contributed by atoms with Crippen LogP contribution >= 0.6 is 23.1 Å². The van der Waals surface area contributed by atoms with Crippen LogP contribution in [0.2, 0.25) is 0 Å². The molecule has 0 spiro atoms. The van der Waals surface area contributed by atoms with E-state index in [1.165, 1.54) is 34.0 Å². The molecule has 3 rings (SSSR count). The van der Waals surface area contributed by atoms with Crippen molar-refractivity contribution in [1.82, 2.24) is 9.88 Å². The Kier molecular flexibility index (Phi) is 6.85. The third kappa shape index (κ3) is 5.73. The van der Waals surface area contributed by atoms with Crippen molar-refractivity contribution < 1.29 is 19.4 Å². The molecule has 1 atom stereocenters. The summed E-state index contributed by atoms with van der Waals surface area (Å²) in [7, 11) is 0. The highest BCUT2D eigenvalue weighted by atomic mass is 32.2. The molecule has 1 aromatic carbocycles. The van der Waals surface area contributed by atoms with Crippen LogP contribution in [0.5, 0.6) is 5.75 Å². The summed E-state index contributed by atoms with van der Waals surface area (Å²) in [5, 5.41) is 10.5. The number of likely N-dealkylation sites (tertiary alicyclic amines) is 1. The van der Waals surface area contributed by atoms with Crippen molar-refractivity contribution in [1.29, 1.82) is 0 Å². The monoisotopic (exact) mass is 434 g/mol. The van der Waals surface area contributed by atoms with E-state index in [1.54, 1.807) is 0 Å². The van der Waals surface area contributed by atoms with E-state index in [9.17, 15) is 9.59 Å². The molecule has 1 aromatic heterocycles. The normalized spacial score (nSPS) is 17.0. The van der Waals surface area contributed by atoms with Gasteiger partial charge < -0.3 is 14.7 Å². The molecule has 1 amide bonds. The second-order valence-electron chi connectivity index (χ2n) is 8.02. The first-order chi connectivity index (χ1) is 13.7. The summed E-state index contributed by atoms with van der Waals surface area (Å²) in [6, 6.07) is 8.19. The van der Waals surface area contributed by atoms with E-state index in [1.807, 2.05) is 17.0 Å². The Morgan fingerprint density at radius 1 is 1.41 bits per heavy atom. The zero-order chi connectivity index (χ0) is 21.0. The molecule has 2 heterocycles. The summed E-state index contributed by atoms with van der Waals surface area (Å²) in [5.74, 6) is 0.632. The van der Waals surface area contributed by atoms with Crippen LogP contribution in [0.1, 0.15) is 49.7 Å². The predicted octanol–water partition coefficient (Wildman–Crippen LogP) is 4.30. The zero-order valence-corrected chi connectivity index (χ0v) is 18.5. The van der Waals surface area contributed by atoms with Gasteiger partial charge in [0.25, 0.3) is 0 Å². The maximum absolute atomic E-state index is 12.3. The minimum absolute atomic E-state index is 0.0578. The van der Waals surface area contributed by atoms with Gasteiger partial charge in [-0.1, -0.05) is 44.7 Å². The van der Waals surface area contributed by atoms with Gasteiger partial charge in [0.15, 0.2) is 10.0 Å². The average Bonchev–Trinajstić information content (AvgIpc) is 3.27. The van der Waals surface area contributed by atoms with Crippen LogP contribution < -0.4 is 4.74 Å². The van der Waals surface area contributed by atoms with Crippen molar-refractivity contribution >= 4 is 35.0 Å². The first kappa shape index (κ1) is 21.6. The fourth-order valence-electron chi connectivity index (χ4n) is 3.17. The number of thiazole rings is 1. The molecule has 0 unspecified atom stereocenters. The van der Waals surface area contributed by atoms with E-state index in [0.29, 0.717) is 29.7 Å². The van der Waals surface area contributed by atoms with E-state index in [0.717, 1.165) is 12.2 Å². The summed E-state index contributed by atoms with van der Waals surface area (Å²) in [6.45, 7) is 7.58. The summed E-state index contributed by atoms with van der Waals surface area (Å²) >= 11 is 2.79. The van der Waals surface area contributed by atoms with Crippen molar-refractivity contribution in [3.05, 3.63) is 40.9 Å². The van der Waals surface area contributed by atoms with E-state index >= 15 is 0 Å². The molecule has 8 heteroatoms. The highest BCUT2D eigenvalue weighted by Gasteiger charge is 2.31. The van der Waals surface area contributed by atoms with Crippen LogP contribution in [0.15, 0.2) is 34.0 Å². The maximum Gasteiger partial charge on any atom is 0.355 e. The molecular weight excluding hydrogens is 408 g/mol. The number of carbonyl (C=O) groups is 2. The van der Waals surface area contributed by atoms with Crippen molar-refractivity contribution in [2.24, 2.45) is 0 Å². The maximum atomic E-state index is 12.3. The number of amides is 1. The Bertz CT molecular complexity index is 876. The number of hydrogen-bond donors (Lipinski definition) is 1. The summed E-state index contributed by atoms with van der Waals surface area (Å²) in [6.07, 6.45) is 1.34. The van der Waals surface area contributed by atoms with Gasteiger partial charge in [-0.2, -0.15) is 0 Å². The van der Waals surface area contributed by atoms with Crippen LogP contribution in [0.3, 0.4) is 0 Å². The SMILES string of the molecule is CC(C)(C)c1cccc(OC[C@H]2CCC(=O)N2CCSc2nc(C(=O)O)cs2)c1. The highest BCUT2D eigenvalue weighted by Crippen LogP contribution is 2.27. The van der Waals surface area contributed by atoms with Crippen LogP contribution in [0.25, 0.3) is 0 Å². The summed E-state index contributed by atoms with van der Waals surface area (Å²) in [4.78, 5) is 29.2. The number of thioether (sulfide) groups is 1. The molecule has 6 nitrogen and oxygen atoms in total. The summed E-state index contributed by atoms with van der Waals surface area (Å²) in [5.41, 5.74) is 1.34. The van der Waals surface area contributed by atoms with E-state index in [2.05, 4.69) is 37.9 Å². The molecule has 1 aliphatic rings. The number of carboxylic acid groups (broad SMARTS) is 1. The average molecular weight is 435 g/mol. The standard InChI is InChI=1S/C21H26N2O4S2/c1-21(2,3)14-5-4-6-16(11-14)27-12-15-7-8-18(24)23(15)9-10-28-20-22-17(13-29-20)19(25)26/h4-6,11,13,15H,7-10,12H2,1-3H3,(H,25,26)/t15-/m1/s1. The number of benzene rings is 1. The molecule has 156 valence electrons. The molecule has 2 aromatic rings. The van der Waals surface area contributed by atoms with Crippen molar-refractivity contribution in [3.63, 3.8) is 0 Å². The van der Waals surface area contributed by atoms with Gasteiger partial charge in [0.1, 0.15) is 12.4 Å². The molecule has 1 saturated heterocycles. The smallest absolute Gasteiger partial charge is 0.355 e. The number of rotatable bonds is 8. The number of nitrogens with zero attached hydrogens (tertiary/aromatic N) is 2. The Labute approximate surface area is 179 Å². The number of ether oxygens (including phenoxy) is 1. The van der Waals surface area contributed by atoms with Crippen LogP contribution in [0, 0.1) is 0 Å². The molecule has 1 aliphatic heterocycles. The lowest BCUT2D eigenvalue weighted by Crippen LogP contribution is -2.38. The number of aromatic carboxylic acids is 1. The Morgan fingerprint density at radius 2 is 2.21 bits per heavy atom. The van der Waals surface area contributed by atoms with Crippen molar-refractivity contribution in [2.45, 2.75) is 49.4 Å². The van der Waals surface area contributed by atoms with Gasteiger partial charge in [-0.25, -0.2) is 9.78 Å². The molecule has 0 aliphatic carbocycles. The number of carbonyl (C=O) groups excluding carboxylic acids is 1. The third-order valence-corrected chi connectivity index (χ3v) is 6.86. The largest absolute Gasteiger partial charge is 0.491 e. The second-order valence-corrected chi connectivity index (χ2v) is 10.2. The quantitative estimate of drug-likeness (QED) is 0.624. The number of hydrogen-bond acceptors (Lipinski definition) is 6. The lowest BCUT2D eigenvalue weighted by Gasteiger charge is -2.25. The first-order valence-corrected chi connectivity index (χ1v) is 11.4. The van der Waals surface area contributed by atoms with E-state index in [-0.39, 0.29) is 23.1 Å². The lowest BCUT2D eigenvalue weighted by molar-refractivity contribution is -0.129. The predicted molar refractivity (Wildman–Crippen MR) is 115 cm³/mol. The Balaban J connectivity index is 1.53. The van der Waals surface area contributed by atoms with Crippen LogP contribution in [0.4, 0.5) is 0 Å². The number of aromatic nitrogens is 1. The fourth-order valence-corrected chi connectivity index (χ4v) is 4.98. The summed E-state index contributed by atoms with van der Waals surface area (Å²) < 4.78 is 6.73. The van der Waals surface area contributed by atoms with Gasteiger partial charge >= 0.3 is 5.97 Å². The van der Waals surface area contributed by atoms with Gasteiger partial charge in [-0.05, 0) is 29.5 Å². The van der Waals surface area contributed by atoms with E-state index < -0.39 is 5.97 Å². The van der Waals surface area contributed by atoms with Gasteiger partial charge in [-0.3, -0.25) is 4.79 Å². The minimum atomic E-state index is -1.02. The molecule has 29 heavy (non-hydrogen) atoms. The van der Waals surface area contributed by atoms with Crippen molar-refractivity contribution in [2.75, 3.05) is 18.9 Å². The van der Waals surface area contributed by atoms with Gasteiger partial charge in [-0.15, -0.1) is 11.3 Å². The van der Waals surface area contributed by atoms with Gasteiger partial charge in [0.2, 0.25) is 5.91 Å². The topological polar surface area (TPSA) is 79.7 Å². The fraction of sp³-hybridized carbons (Fsp3) is 0.476. The number of carboxylic acids is 1. The van der Waals surface area contributed by atoms with E-state index in [4.69, 9.17) is 9.84 Å². The molecular formula is C21H26N2O4S2. The van der Waals surface area contributed by atoms with Crippen LogP contribution in [-0.2, 0) is 10.2 Å². The third-order valence-electron chi connectivity index (χ3n) is 4.85. The molecule has 1 N–H and O–H groups in total. The minimum Gasteiger partial charge on any atom is -0.491 e. The Morgan fingerprint density at radius 3 is 2.90 bits per heavy atom. The first-order valence-electron chi connectivity index (χ1n) is 9.58. The molecule has 0 radical (unpaired) electrons. The van der Waals surface area contributed by atoms with Crippen molar-refractivity contribution in [3.8, 4) is 5.75 Å². The molecule has 1 fully saturated rings. The van der Waals surface area contributed by atoms with Gasteiger partial charge in [0.05, 0.1) is 6.04 Å². The second kappa shape index (κ2) is 9.17. The lowest BCUT2D eigenvalue weighted by atomic mass is 9.87. The Hall–Kier alpha value is -2.06.